The van der Waals surface area contributed by atoms with Crippen LogP contribution in [0.2, 0.25) is 0 Å². The molecule has 0 aliphatic carbocycles. The minimum Gasteiger partial charge on any atom is -0.496 e. The SMILES string of the molecule is COc1cc(C(=O)OCC(=O)Nc2ccc3ccccc3c2)ccc1C. The van der Waals surface area contributed by atoms with Gasteiger partial charge in [0.15, 0.2) is 6.61 Å². The highest BCUT2D eigenvalue weighted by molar-refractivity contribution is 5.97. The molecule has 5 heteroatoms. The standard InChI is InChI=1S/C21H19NO4/c1-14-7-8-17(12-19(14)25-2)21(24)26-13-20(23)22-18-10-9-15-5-3-4-6-16(15)11-18/h3-12H,13H2,1-2H3,(H,22,23). The lowest BCUT2D eigenvalue weighted by Crippen LogP contribution is -2.21. The highest BCUT2D eigenvalue weighted by Crippen LogP contribution is 2.20. The minimum absolute atomic E-state index is 0.339. The Morgan fingerprint density at radius 3 is 2.50 bits per heavy atom. The molecule has 0 spiro atoms. The van der Waals surface area contributed by atoms with E-state index in [0.29, 0.717) is 17.0 Å². The molecule has 1 N–H and O–H groups in total. The smallest absolute Gasteiger partial charge is 0.338 e. The number of aryl methyl sites for hydroxylation is 1. The molecule has 132 valence electrons. The summed E-state index contributed by atoms with van der Waals surface area (Å²) in [4.78, 5) is 24.1. The molecule has 0 saturated carbocycles. The van der Waals surface area contributed by atoms with Gasteiger partial charge in [0.1, 0.15) is 5.75 Å². The number of carbonyl (C=O) groups is 2. The number of benzene rings is 3. The topological polar surface area (TPSA) is 64.6 Å². The second-order valence-electron chi connectivity index (χ2n) is 5.87. The molecular formula is C21H19NO4. The monoisotopic (exact) mass is 349 g/mol. The van der Waals surface area contributed by atoms with Gasteiger partial charge in [-0.05, 0) is 47.5 Å². The number of carbonyl (C=O) groups excluding carboxylic acids is 2. The maximum absolute atomic E-state index is 12.1. The first-order chi connectivity index (χ1) is 12.6. The van der Waals surface area contributed by atoms with E-state index in [1.54, 1.807) is 18.2 Å². The summed E-state index contributed by atoms with van der Waals surface area (Å²) in [6.45, 7) is 1.52. The third kappa shape index (κ3) is 4.00. The number of amides is 1. The molecule has 3 aromatic carbocycles. The van der Waals surface area contributed by atoms with E-state index in [1.165, 1.54) is 7.11 Å². The molecule has 5 nitrogen and oxygen atoms in total. The number of hydrogen-bond acceptors (Lipinski definition) is 4. The molecule has 3 aromatic rings. The molecule has 0 radical (unpaired) electrons. The molecule has 0 saturated heterocycles. The van der Waals surface area contributed by atoms with Gasteiger partial charge < -0.3 is 14.8 Å². The van der Waals surface area contributed by atoms with Gasteiger partial charge in [-0.3, -0.25) is 4.79 Å². The molecule has 0 bridgehead atoms. The number of hydrogen-bond donors (Lipinski definition) is 1. The van der Waals surface area contributed by atoms with Crippen LogP contribution in [-0.2, 0) is 9.53 Å². The van der Waals surface area contributed by atoms with E-state index < -0.39 is 11.9 Å². The van der Waals surface area contributed by atoms with E-state index in [0.717, 1.165) is 16.3 Å². The second-order valence-corrected chi connectivity index (χ2v) is 5.87. The maximum Gasteiger partial charge on any atom is 0.338 e. The average Bonchev–Trinajstić information content (AvgIpc) is 2.66. The van der Waals surface area contributed by atoms with Crippen LogP contribution < -0.4 is 10.1 Å². The summed E-state index contributed by atoms with van der Waals surface area (Å²) in [5.74, 6) is -0.371. The van der Waals surface area contributed by atoms with Gasteiger partial charge in [0.25, 0.3) is 5.91 Å². The van der Waals surface area contributed by atoms with Gasteiger partial charge in [-0.25, -0.2) is 4.79 Å². The van der Waals surface area contributed by atoms with Crippen molar-refractivity contribution in [3.8, 4) is 5.75 Å². The molecule has 1 amide bonds. The molecule has 26 heavy (non-hydrogen) atoms. The van der Waals surface area contributed by atoms with Crippen LogP contribution in [0.25, 0.3) is 10.8 Å². The van der Waals surface area contributed by atoms with Crippen molar-refractivity contribution in [2.75, 3.05) is 19.0 Å². The fourth-order valence-electron chi connectivity index (χ4n) is 2.63. The van der Waals surface area contributed by atoms with Crippen LogP contribution in [-0.4, -0.2) is 25.6 Å². The van der Waals surface area contributed by atoms with E-state index in [2.05, 4.69) is 5.32 Å². The number of anilines is 1. The zero-order chi connectivity index (χ0) is 18.5. The normalized spacial score (nSPS) is 10.4. The van der Waals surface area contributed by atoms with Gasteiger partial charge in [-0.2, -0.15) is 0 Å². The van der Waals surface area contributed by atoms with Crippen LogP contribution >= 0.6 is 0 Å². The zero-order valence-electron chi connectivity index (χ0n) is 14.6. The number of rotatable bonds is 5. The highest BCUT2D eigenvalue weighted by atomic mass is 16.5. The van der Waals surface area contributed by atoms with Crippen LogP contribution in [0.5, 0.6) is 5.75 Å². The van der Waals surface area contributed by atoms with Crippen molar-refractivity contribution in [1.29, 1.82) is 0 Å². The summed E-state index contributed by atoms with van der Waals surface area (Å²) in [7, 11) is 1.54. The van der Waals surface area contributed by atoms with E-state index in [9.17, 15) is 9.59 Å². The van der Waals surface area contributed by atoms with Gasteiger partial charge in [0.2, 0.25) is 0 Å². The summed E-state index contributed by atoms with van der Waals surface area (Å²) < 4.78 is 10.3. The molecule has 3 rings (SSSR count). The van der Waals surface area contributed by atoms with Gasteiger partial charge in [0.05, 0.1) is 12.7 Å². The predicted molar refractivity (Wildman–Crippen MR) is 101 cm³/mol. The van der Waals surface area contributed by atoms with Crippen LogP contribution in [0, 0.1) is 6.92 Å². The molecule has 0 fully saturated rings. The summed E-state index contributed by atoms with van der Waals surface area (Å²) in [5, 5.41) is 4.84. The van der Waals surface area contributed by atoms with Gasteiger partial charge >= 0.3 is 5.97 Å². The molecule has 0 aliphatic heterocycles. The van der Waals surface area contributed by atoms with Crippen molar-refractivity contribution in [3.63, 3.8) is 0 Å². The third-order valence-electron chi connectivity index (χ3n) is 4.01. The molecular weight excluding hydrogens is 330 g/mol. The number of esters is 1. The summed E-state index contributed by atoms with van der Waals surface area (Å²) in [6.07, 6.45) is 0. The Morgan fingerprint density at radius 1 is 0.962 bits per heavy atom. The Labute approximate surface area is 151 Å². The first-order valence-electron chi connectivity index (χ1n) is 8.17. The van der Waals surface area contributed by atoms with E-state index in [1.807, 2.05) is 49.4 Å². The van der Waals surface area contributed by atoms with Crippen molar-refractivity contribution in [3.05, 3.63) is 71.8 Å². The molecule has 0 atom stereocenters. The Bertz CT molecular complexity index is 965. The lowest BCUT2D eigenvalue weighted by molar-refractivity contribution is -0.119. The van der Waals surface area contributed by atoms with E-state index in [-0.39, 0.29) is 6.61 Å². The van der Waals surface area contributed by atoms with Crippen LogP contribution in [0.4, 0.5) is 5.69 Å². The van der Waals surface area contributed by atoms with Crippen LogP contribution in [0.1, 0.15) is 15.9 Å². The molecule has 0 unspecified atom stereocenters. The van der Waals surface area contributed by atoms with Crippen LogP contribution in [0.3, 0.4) is 0 Å². The van der Waals surface area contributed by atoms with Gasteiger partial charge in [-0.15, -0.1) is 0 Å². The zero-order valence-corrected chi connectivity index (χ0v) is 14.6. The van der Waals surface area contributed by atoms with Crippen LogP contribution in [0.15, 0.2) is 60.7 Å². The highest BCUT2D eigenvalue weighted by Gasteiger charge is 2.12. The Morgan fingerprint density at radius 2 is 1.73 bits per heavy atom. The van der Waals surface area contributed by atoms with Crippen molar-refractivity contribution < 1.29 is 19.1 Å². The second kappa shape index (κ2) is 7.70. The molecule has 0 aliphatic rings. The Hall–Kier alpha value is -3.34. The quantitative estimate of drug-likeness (QED) is 0.708. The minimum atomic E-state index is -0.572. The first-order valence-corrected chi connectivity index (χ1v) is 8.17. The summed E-state index contributed by atoms with van der Waals surface area (Å²) >= 11 is 0. The van der Waals surface area contributed by atoms with Gasteiger partial charge in [0, 0.05) is 5.69 Å². The van der Waals surface area contributed by atoms with Crippen molar-refractivity contribution in [2.45, 2.75) is 6.92 Å². The van der Waals surface area contributed by atoms with Gasteiger partial charge in [-0.1, -0.05) is 36.4 Å². The molecule has 0 heterocycles. The lowest BCUT2D eigenvalue weighted by Gasteiger charge is -2.09. The number of nitrogens with one attached hydrogen (secondary N) is 1. The first kappa shape index (κ1) is 17.5. The van der Waals surface area contributed by atoms with Crippen molar-refractivity contribution in [2.24, 2.45) is 0 Å². The van der Waals surface area contributed by atoms with E-state index >= 15 is 0 Å². The fourth-order valence-corrected chi connectivity index (χ4v) is 2.63. The number of fused-ring (bicyclic) bond motifs is 1. The lowest BCUT2D eigenvalue weighted by atomic mass is 10.1. The maximum atomic E-state index is 12.1. The predicted octanol–water partition coefficient (Wildman–Crippen LogP) is 3.95. The average molecular weight is 349 g/mol. The fraction of sp³-hybridized carbons (Fsp3) is 0.143. The largest absolute Gasteiger partial charge is 0.496 e. The van der Waals surface area contributed by atoms with E-state index in [4.69, 9.17) is 9.47 Å². The third-order valence-corrected chi connectivity index (χ3v) is 4.01. The number of methoxy groups -OCH3 is 1. The summed E-state index contributed by atoms with van der Waals surface area (Å²) in [5.41, 5.74) is 1.91. The Kier molecular flexibility index (Phi) is 5.17. The van der Waals surface area contributed by atoms with Crippen molar-refractivity contribution >= 4 is 28.3 Å². The van der Waals surface area contributed by atoms with Crippen molar-refractivity contribution in [1.82, 2.24) is 0 Å². The molecule has 0 aromatic heterocycles. The number of ether oxygens (including phenoxy) is 2. The Balaban J connectivity index is 1.60. The summed E-state index contributed by atoms with van der Waals surface area (Å²) in [6, 6.07) is 18.5.